The molecule has 0 saturated heterocycles. The van der Waals surface area contributed by atoms with Crippen molar-refractivity contribution >= 4 is 45.0 Å². The lowest BCUT2D eigenvalue weighted by molar-refractivity contribution is -0.117. The lowest BCUT2D eigenvalue weighted by Crippen LogP contribution is -2.44. The van der Waals surface area contributed by atoms with Crippen LogP contribution in [0.25, 0.3) is 0 Å². The SMILES string of the molecule is CSCCC(NS(=O)(=O)c1ccccc1)C(=O)Nc1cccc(Cl)c1C. The summed E-state index contributed by atoms with van der Waals surface area (Å²) in [6, 6.07) is 12.3. The molecule has 1 atom stereocenters. The fourth-order valence-corrected chi connectivity index (χ4v) is 4.19. The Morgan fingerprint density at radius 2 is 1.85 bits per heavy atom. The number of carbonyl (C=O) groups is 1. The van der Waals surface area contributed by atoms with Crippen molar-refractivity contribution in [2.45, 2.75) is 24.3 Å². The van der Waals surface area contributed by atoms with Gasteiger partial charge >= 0.3 is 0 Å². The Morgan fingerprint density at radius 1 is 1.15 bits per heavy atom. The molecule has 0 aliphatic rings. The van der Waals surface area contributed by atoms with E-state index in [1.165, 1.54) is 12.1 Å². The largest absolute Gasteiger partial charge is 0.324 e. The van der Waals surface area contributed by atoms with E-state index in [9.17, 15) is 13.2 Å². The number of anilines is 1. The highest BCUT2D eigenvalue weighted by Crippen LogP contribution is 2.23. The first-order valence-corrected chi connectivity index (χ1v) is 11.2. The van der Waals surface area contributed by atoms with Gasteiger partial charge in [0, 0.05) is 10.7 Å². The van der Waals surface area contributed by atoms with Crippen LogP contribution < -0.4 is 10.0 Å². The van der Waals surface area contributed by atoms with Crippen molar-refractivity contribution in [1.29, 1.82) is 0 Å². The lowest BCUT2D eigenvalue weighted by atomic mass is 10.1. The van der Waals surface area contributed by atoms with Gasteiger partial charge in [-0.2, -0.15) is 16.5 Å². The minimum Gasteiger partial charge on any atom is -0.324 e. The molecule has 0 aliphatic heterocycles. The molecule has 1 unspecified atom stereocenters. The summed E-state index contributed by atoms with van der Waals surface area (Å²) in [6.45, 7) is 1.79. The van der Waals surface area contributed by atoms with Crippen molar-refractivity contribution in [1.82, 2.24) is 4.72 Å². The summed E-state index contributed by atoms with van der Waals surface area (Å²) in [5.74, 6) is 0.230. The predicted molar refractivity (Wildman–Crippen MR) is 108 cm³/mol. The summed E-state index contributed by atoms with van der Waals surface area (Å²) in [7, 11) is -3.79. The topological polar surface area (TPSA) is 75.3 Å². The zero-order valence-electron chi connectivity index (χ0n) is 14.5. The van der Waals surface area contributed by atoms with Gasteiger partial charge in [-0.3, -0.25) is 4.79 Å². The maximum absolute atomic E-state index is 12.7. The molecule has 5 nitrogen and oxygen atoms in total. The van der Waals surface area contributed by atoms with Crippen LogP contribution in [0.15, 0.2) is 53.4 Å². The number of hydrogen-bond acceptors (Lipinski definition) is 4. The third-order valence-corrected chi connectivity index (χ3v) is 6.34. The molecule has 2 N–H and O–H groups in total. The van der Waals surface area contributed by atoms with Crippen LogP contribution in [0.2, 0.25) is 5.02 Å². The third kappa shape index (κ3) is 5.48. The van der Waals surface area contributed by atoms with E-state index in [0.717, 1.165) is 5.56 Å². The van der Waals surface area contributed by atoms with E-state index in [1.807, 2.05) is 6.26 Å². The van der Waals surface area contributed by atoms with E-state index in [0.29, 0.717) is 22.9 Å². The van der Waals surface area contributed by atoms with Gasteiger partial charge in [0.2, 0.25) is 15.9 Å². The molecule has 0 aliphatic carbocycles. The highest BCUT2D eigenvalue weighted by Gasteiger charge is 2.25. The minimum atomic E-state index is -3.79. The molecule has 1 amide bonds. The van der Waals surface area contributed by atoms with Crippen molar-refractivity contribution < 1.29 is 13.2 Å². The fraction of sp³-hybridized carbons (Fsp3) is 0.278. The van der Waals surface area contributed by atoms with Gasteiger partial charge in [0.05, 0.1) is 4.90 Å². The zero-order valence-corrected chi connectivity index (χ0v) is 16.9. The molecule has 26 heavy (non-hydrogen) atoms. The van der Waals surface area contributed by atoms with Crippen LogP contribution in [0.5, 0.6) is 0 Å². The van der Waals surface area contributed by atoms with Gasteiger partial charge in [-0.05, 0) is 55.2 Å². The Bertz CT molecular complexity index is 858. The van der Waals surface area contributed by atoms with Crippen LogP contribution in [0, 0.1) is 6.92 Å². The number of thioether (sulfide) groups is 1. The van der Waals surface area contributed by atoms with Crippen LogP contribution >= 0.6 is 23.4 Å². The van der Waals surface area contributed by atoms with Gasteiger partial charge in [0.1, 0.15) is 6.04 Å². The Labute approximate surface area is 163 Å². The van der Waals surface area contributed by atoms with E-state index in [2.05, 4.69) is 10.0 Å². The number of rotatable bonds is 8. The second-order valence-corrected chi connectivity index (χ2v) is 8.78. The number of halogens is 1. The molecule has 0 saturated carbocycles. The molecule has 0 heterocycles. The number of carbonyl (C=O) groups excluding carboxylic acids is 1. The van der Waals surface area contributed by atoms with Gasteiger partial charge in [-0.1, -0.05) is 35.9 Å². The number of nitrogens with one attached hydrogen (secondary N) is 2. The number of hydrogen-bond donors (Lipinski definition) is 2. The normalized spacial score (nSPS) is 12.6. The van der Waals surface area contributed by atoms with Crippen molar-refractivity contribution in [3.8, 4) is 0 Å². The summed E-state index contributed by atoms with van der Waals surface area (Å²) in [6.07, 6.45) is 2.28. The monoisotopic (exact) mass is 412 g/mol. The van der Waals surface area contributed by atoms with Crippen molar-refractivity contribution in [3.05, 3.63) is 59.1 Å². The van der Waals surface area contributed by atoms with Gasteiger partial charge in [-0.25, -0.2) is 8.42 Å². The van der Waals surface area contributed by atoms with Gasteiger partial charge in [0.25, 0.3) is 0 Å². The molecule has 0 aromatic heterocycles. The van der Waals surface area contributed by atoms with Crippen LogP contribution in [0.3, 0.4) is 0 Å². The van der Waals surface area contributed by atoms with Gasteiger partial charge < -0.3 is 5.32 Å². The average molecular weight is 413 g/mol. The molecule has 0 bridgehead atoms. The van der Waals surface area contributed by atoms with Crippen LogP contribution in [-0.4, -0.2) is 32.4 Å². The first-order chi connectivity index (χ1) is 12.3. The van der Waals surface area contributed by atoms with Crippen LogP contribution in [-0.2, 0) is 14.8 Å². The summed E-state index contributed by atoms with van der Waals surface area (Å²) in [5.41, 5.74) is 1.30. The molecule has 2 rings (SSSR count). The van der Waals surface area contributed by atoms with E-state index >= 15 is 0 Å². The molecular formula is C18H21ClN2O3S2. The first kappa shape index (κ1) is 20.8. The quantitative estimate of drug-likeness (QED) is 0.693. The fourth-order valence-electron chi connectivity index (χ4n) is 2.30. The Morgan fingerprint density at radius 3 is 2.50 bits per heavy atom. The van der Waals surface area contributed by atoms with Crippen molar-refractivity contribution in [2.75, 3.05) is 17.3 Å². The molecular weight excluding hydrogens is 392 g/mol. The summed E-state index contributed by atoms with van der Waals surface area (Å²) < 4.78 is 27.6. The summed E-state index contributed by atoms with van der Waals surface area (Å²) in [4.78, 5) is 12.8. The van der Waals surface area contributed by atoms with Gasteiger partial charge in [0.15, 0.2) is 0 Å². The van der Waals surface area contributed by atoms with E-state index < -0.39 is 22.0 Å². The average Bonchev–Trinajstić information content (AvgIpc) is 2.63. The van der Waals surface area contributed by atoms with Crippen LogP contribution in [0.1, 0.15) is 12.0 Å². The number of benzene rings is 2. The Hall–Kier alpha value is -1.54. The van der Waals surface area contributed by atoms with E-state index in [1.54, 1.807) is 55.1 Å². The van der Waals surface area contributed by atoms with Crippen LogP contribution in [0.4, 0.5) is 5.69 Å². The summed E-state index contributed by atoms with van der Waals surface area (Å²) in [5, 5.41) is 3.31. The summed E-state index contributed by atoms with van der Waals surface area (Å²) >= 11 is 7.63. The predicted octanol–water partition coefficient (Wildman–Crippen LogP) is 3.69. The minimum absolute atomic E-state index is 0.126. The van der Waals surface area contributed by atoms with Crippen molar-refractivity contribution in [2.24, 2.45) is 0 Å². The first-order valence-electron chi connectivity index (χ1n) is 7.97. The molecule has 0 radical (unpaired) electrons. The highest BCUT2D eigenvalue weighted by atomic mass is 35.5. The molecule has 2 aromatic rings. The molecule has 2 aromatic carbocycles. The highest BCUT2D eigenvalue weighted by molar-refractivity contribution is 7.98. The van der Waals surface area contributed by atoms with E-state index in [4.69, 9.17) is 11.6 Å². The number of sulfonamides is 1. The third-order valence-electron chi connectivity index (χ3n) is 3.80. The molecule has 0 spiro atoms. The molecule has 140 valence electrons. The maximum Gasteiger partial charge on any atom is 0.242 e. The lowest BCUT2D eigenvalue weighted by Gasteiger charge is -2.19. The smallest absolute Gasteiger partial charge is 0.242 e. The van der Waals surface area contributed by atoms with E-state index in [-0.39, 0.29) is 4.90 Å². The zero-order chi connectivity index (χ0) is 19.2. The molecule has 0 fully saturated rings. The standard InChI is InChI=1S/C18H21ClN2O3S2/c1-13-15(19)9-6-10-16(13)20-18(22)17(11-12-25-2)21-26(23,24)14-7-4-3-5-8-14/h3-10,17,21H,11-12H2,1-2H3,(H,20,22). The number of amides is 1. The van der Waals surface area contributed by atoms with Gasteiger partial charge in [-0.15, -0.1) is 0 Å². The Kier molecular flexibility index (Phi) is 7.52. The second-order valence-electron chi connectivity index (χ2n) is 5.67. The molecule has 8 heteroatoms. The maximum atomic E-state index is 12.7. The van der Waals surface area contributed by atoms with Crippen molar-refractivity contribution in [3.63, 3.8) is 0 Å². The Balaban J connectivity index is 2.21. The second kappa shape index (κ2) is 9.41.